The van der Waals surface area contributed by atoms with Gasteiger partial charge in [0, 0.05) is 0 Å². The first-order valence-electron chi connectivity index (χ1n) is 11.0. The van der Waals surface area contributed by atoms with Gasteiger partial charge in [-0.05, 0) is 52.4 Å². The Bertz CT molecular complexity index is 659. The summed E-state index contributed by atoms with van der Waals surface area (Å²) in [6.07, 6.45) is 4.66. The molecule has 3 unspecified atom stereocenters. The Labute approximate surface area is 211 Å². The minimum Gasteiger partial charge on any atom is -0.747 e. The van der Waals surface area contributed by atoms with Crippen molar-refractivity contribution in [2.75, 3.05) is 0 Å². The van der Waals surface area contributed by atoms with Crippen LogP contribution in [0.5, 0.6) is 0 Å². The Balaban J connectivity index is 0. The predicted molar refractivity (Wildman–Crippen MR) is 116 cm³/mol. The van der Waals surface area contributed by atoms with Crippen LogP contribution in [0.3, 0.4) is 0 Å². The molecule has 0 heterocycles. The average Bonchev–Trinajstić information content (AvgIpc) is 2.59. The molecule has 0 rings (SSSR count). The van der Waals surface area contributed by atoms with Crippen molar-refractivity contribution in [3.63, 3.8) is 0 Å². The van der Waals surface area contributed by atoms with Crippen molar-refractivity contribution < 1.29 is 61.6 Å². The van der Waals surface area contributed by atoms with Crippen molar-refractivity contribution >= 4 is 22.1 Å². The molecule has 0 aliphatic rings. The molecule has 0 aliphatic heterocycles. The third kappa shape index (κ3) is 12.0. The van der Waals surface area contributed by atoms with Crippen LogP contribution in [0.4, 0.5) is 0 Å². The maximum Gasteiger partial charge on any atom is 1.00 e. The third-order valence-electron chi connectivity index (χ3n) is 6.06. The molecule has 0 spiro atoms. The van der Waals surface area contributed by atoms with E-state index in [0.717, 1.165) is 38.5 Å². The minimum absolute atomic E-state index is 0. The molecular weight excluding hydrogens is 431 g/mol. The zero-order chi connectivity index (χ0) is 23.8. The Morgan fingerprint density at radius 2 is 1.26 bits per heavy atom. The molecule has 0 amide bonds. The average molecular weight is 473 g/mol. The normalized spacial score (nSPS) is 15.4. The van der Waals surface area contributed by atoms with Crippen molar-refractivity contribution in [1.29, 1.82) is 0 Å². The van der Waals surface area contributed by atoms with Gasteiger partial charge in [-0.1, -0.05) is 53.4 Å². The zero-order valence-electron chi connectivity index (χ0n) is 20.9. The second kappa shape index (κ2) is 14.2. The van der Waals surface area contributed by atoms with E-state index in [0.29, 0.717) is 0 Å². The van der Waals surface area contributed by atoms with Crippen LogP contribution in [-0.2, 0) is 29.2 Å². The topological polar surface area (TPSA) is 110 Å². The molecule has 7 nitrogen and oxygen atoms in total. The molecule has 0 aliphatic carbocycles. The molecule has 0 radical (unpaired) electrons. The molecule has 3 atom stereocenters. The van der Waals surface area contributed by atoms with E-state index in [4.69, 9.17) is 9.47 Å². The van der Waals surface area contributed by atoms with Crippen molar-refractivity contribution in [2.24, 2.45) is 11.8 Å². The first kappa shape index (κ1) is 33.0. The number of carbonyl (C=O) groups is 2. The van der Waals surface area contributed by atoms with Gasteiger partial charge in [0.1, 0.15) is 21.3 Å². The van der Waals surface area contributed by atoms with Crippen LogP contribution < -0.4 is 29.6 Å². The number of rotatable bonds is 14. The monoisotopic (exact) mass is 472 g/mol. The fraction of sp³-hybridized carbons (Fsp3) is 0.909. The number of ether oxygens (including phenoxy) is 2. The summed E-state index contributed by atoms with van der Waals surface area (Å²) < 4.78 is 46.0. The van der Waals surface area contributed by atoms with Crippen molar-refractivity contribution in [3.8, 4) is 0 Å². The number of hydrogen-bond acceptors (Lipinski definition) is 7. The minimum atomic E-state index is -5.09. The molecule has 31 heavy (non-hydrogen) atoms. The first-order chi connectivity index (χ1) is 13.6. The Morgan fingerprint density at radius 3 is 1.61 bits per heavy atom. The van der Waals surface area contributed by atoms with Crippen LogP contribution >= 0.6 is 0 Å². The molecular formula is C22H41NaO7S. The van der Waals surface area contributed by atoms with Gasteiger partial charge in [-0.3, -0.25) is 9.59 Å². The Kier molecular flexibility index (Phi) is 15.1. The smallest absolute Gasteiger partial charge is 0.747 e. The van der Waals surface area contributed by atoms with Gasteiger partial charge >= 0.3 is 41.5 Å². The maximum atomic E-state index is 12.6. The van der Waals surface area contributed by atoms with Gasteiger partial charge in [-0.2, -0.15) is 0 Å². The number of esters is 2. The van der Waals surface area contributed by atoms with E-state index in [-0.39, 0.29) is 41.4 Å². The molecule has 0 saturated heterocycles. The molecule has 0 aromatic heterocycles. The first-order valence-corrected chi connectivity index (χ1v) is 12.4. The second-order valence-corrected chi connectivity index (χ2v) is 10.9. The van der Waals surface area contributed by atoms with Gasteiger partial charge in [0.05, 0.1) is 6.42 Å². The van der Waals surface area contributed by atoms with Gasteiger partial charge in [0.15, 0.2) is 5.25 Å². The molecule has 0 bridgehead atoms. The predicted octanol–water partition coefficient (Wildman–Crippen LogP) is 1.59. The quantitative estimate of drug-likeness (QED) is 0.214. The summed E-state index contributed by atoms with van der Waals surface area (Å²) in [5.41, 5.74) is -1.81. The molecule has 0 aromatic rings. The number of unbranched alkanes of at least 4 members (excludes halogenated alkanes) is 2. The van der Waals surface area contributed by atoms with Gasteiger partial charge in [0.25, 0.3) is 0 Å². The molecule has 178 valence electrons. The zero-order valence-corrected chi connectivity index (χ0v) is 23.8. The summed E-state index contributed by atoms with van der Waals surface area (Å²) in [6, 6.07) is 0. The van der Waals surface area contributed by atoms with E-state index >= 15 is 0 Å². The maximum absolute atomic E-state index is 12.6. The van der Waals surface area contributed by atoms with Gasteiger partial charge in [0.2, 0.25) is 0 Å². The fourth-order valence-corrected chi connectivity index (χ4v) is 3.66. The van der Waals surface area contributed by atoms with E-state index in [9.17, 15) is 22.6 Å². The summed E-state index contributed by atoms with van der Waals surface area (Å²) in [7, 11) is -5.09. The largest absolute Gasteiger partial charge is 1.00 e. The summed E-state index contributed by atoms with van der Waals surface area (Å²) in [4.78, 5) is 25.0. The van der Waals surface area contributed by atoms with Crippen LogP contribution in [-0.4, -0.2) is 41.4 Å². The van der Waals surface area contributed by atoms with E-state index in [2.05, 4.69) is 6.92 Å². The molecule has 9 heteroatoms. The standard InChI is InChI=1S/C22H42O7S.Na/c1-9-11-13-16(3)21(5,6)28-19(23)15-18(30(25,26)27)20(24)29-22(7,8)17(4)14-12-10-2;/h16-18H,9-15H2,1-8H3,(H,25,26,27);/q;+1/p-1. The summed E-state index contributed by atoms with van der Waals surface area (Å²) in [6.45, 7) is 14.8. The Hall–Kier alpha value is -0.150. The number of carbonyl (C=O) groups excluding carboxylic acids is 2. The molecule has 0 saturated carbocycles. The van der Waals surface area contributed by atoms with E-state index in [1.54, 1.807) is 27.7 Å². The van der Waals surface area contributed by atoms with Crippen LogP contribution in [0.15, 0.2) is 0 Å². The SMILES string of the molecule is CCCCC(C)C(C)(C)OC(=O)CC(C(=O)OC(C)(C)C(C)CCCC)S(=O)(=O)[O-].[Na+]. The van der Waals surface area contributed by atoms with E-state index in [1.807, 2.05) is 20.8 Å². The van der Waals surface area contributed by atoms with Crippen molar-refractivity contribution in [1.82, 2.24) is 0 Å². The van der Waals surface area contributed by atoms with Crippen molar-refractivity contribution in [2.45, 2.75) is 117 Å². The molecule has 0 fully saturated rings. The van der Waals surface area contributed by atoms with Gasteiger partial charge in [-0.25, -0.2) is 8.42 Å². The van der Waals surface area contributed by atoms with Gasteiger partial charge < -0.3 is 14.0 Å². The summed E-state index contributed by atoms with van der Waals surface area (Å²) in [5.74, 6) is -2.11. The number of hydrogen-bond donors (Lipinski definition) is 0. The second-order valence-electron chi connectivity index (χ2n) is 9.37. The van der Waals surface area contributed by atoms with Crippen LogP contribution in [0.2, 0.25) is 0 Å². The summed E-state index contributed by atoms with van der Waals surface area (Å²) in [5, 5.41) is -2.12. The van der Waals surface area contributed by atoms with E-state index in [1.165, 1.54) is 0 Å². The van der Waals surface area contributed by atoms with Crippen LogP contribution in [0.25, 0.3) is 0 Å². The fourth-order valence-electron chi connectivity index (χ4n) is 3.03. The van der Waals surface area contributed by atoms with Crippen LogP contribution in [0.1, 0.15) is 100 Å². The molecule has 0 aromatic carbocycles. The van der Waals surface area contributed by atoms with Gasteiger partial charge in [-0.15, -0.1) is 0 Å². The van der Waals surface area contributed by atoms with Crippen LogP contribution in [0, 0.1) is 11.8 Å². The van der Waals surface area contributed by atoms with E-state index < -0.39 is 44.9 Å². The third-order valence-corrected chi connectivity index (χ3v) is 7.11. The summed E-state index contributed by atoms with van der Waals surface area (Å²) >= 11 is 0. The molecule has 0 N–H and O–H groups in total. The van der Waals surface area contributed by atoms with Crippen molar-refractivity contribution in [3.05, 3.63) is 0 Å². The Morgan fingerprint density at radius 1 is 0.871 bits per heavy atom.